The SMILES string of the molecule is CCOC(=O)CC1(C)ON=C(c2ccccc2)O1. The monoisotopic (exact) mass is 249 g/mol. The Labute approximate surface area is 105 Å². The Bertz CT molecular complexity index is 457. The zero-order valence-corrected chi connectivity index (χ0v) is 10.4. The van der Waals surface area contributed by atoms with Crippen LogP contribution in [0.25, 0.3) is 0 Å². The summed E-state index contributed by atoms with van der Waals surface area (Å²) in [6, 6.07) is 9.37. The van der Waals surface area contributed by atoms with E-state index >= 15 is 0 Å². The topological polar surface area (TPSA) is 57.1 Å². The van der Waals surface area contributed by atoms with Gasteiger partial charge in [-0.3, -0.25) is 4.79 Å². The van der Waals surface area contributed by atoms with E-state index in [1.54, 1.807) is 13.8 Å². The number of nitrogens with zero attached hydrogens (tertiary/aromatic N) is 1. The van der Waals surface area contributed by atoms with Gasteiger partial charge in [0.25, 0.3) is 11.7 Å². The number of hydrogen-bond acceptors (Lipinski definition) is 5. The van der Waals surface area contributed by atoms with E-state index in [1.165, 1.54) is 0 Å². The second-order valence-corrected chi connectivity index (χ2v) is 4.07. The summed E-state index contributed by atoms with van der Waals surface area (Å²) < 4.78 is 10.4. The highest BCUT2D eigenvalue weighted by molar-refractivity contribution is 5.94. The third-order valence-electron chi connectivity index (χ3n) is 2.43. The standard InChI is InChI=1S/C13H15NO4/c1-3-16-11(15)9-13(2)17-12(14-18-13)10-7-5-4-6-8-10/h4-8H,3,9H2,1-2H3. The van der Waals surface area contributed by atoms with Gasteiger partial charge in [-0.1, -0.05) is 18.2 Å². The molecule has 18 heavy (non-hydrogen) atoms. The molecule has 1 atom stereocenters. The molecule has 1 aromatic rings. The molecule has 1 aliphatic heterocycles. The first kappa shape index (κ1) is 12.4. The van der Waals surface area contributed by atoms with Gasteiger partial charge in [0.05, 0.1) is 6.61 Å². The van der Waals surface area contributed by atoms with Crippen molar-refractivity contribution in [2.24, 2.45) is 5.16 Å². The number of benzene rings is 1. The molecular formula is C13H15NO4. The lowest BCUT2D eigenvalue weighted by molar-refractivity contribution is -0.175. The van der Waals surface area contributed by atoms with E-state index in [0.717, 1.165) is 5.56 Å². The first-order valence-electron chi connectivity index (χ1n) is 5.79. The van der Waals surface area contributed by atoms with Crippen molar-refractivity contribution in [1.29, 1.82) is 0 Å². The number of rotatable bonds is 4. The van der Waals surface area contributed by atoms with E-state index in [4.69, 9.17) is 14.3 Å². The van der Waals surface area contributed by atoms with Gasteiger partial charge in [0.2, 0.25) is 0 Å². The fourth-order valence-corrected chi connectivity index (χ4v) is 1.61. The summed E-state index contributed by atoms with van der Waals surface area (Å²) in [5, 5.41) is 3.86. The molecule has 2 rings (SSSR count). The first-order valence-corrected chi connectivity index (χ1v) is 5.79. The van der Waals surface area contributed by atoms with Crippen LogP contribution in [0.2, 0.25) is 0 Å². The van der Waals surface area contributed by atoms with E-state index in [-0.39, 0.29) is 12.4 Å². The number of esters is 1. The minimum atomic E-state index is -1.09. The molecule has 1 unspecified atom stereocenters. The van der Waals surface area contributed by atoms with Crippen LogP contribution in [0, 0.1) is 0 Å². The number of ether oxygens (including phenoxy) is 2. The van der Waals surface area contributed by atoms with Crippen molar-refractivity contribution in [1.82, 2.24) is 0 Å². The van der Waals surface area contributed by atoms with Gasteiger partial charge in [0.15, 0.2) is 0 Å². The molecule has 0 fully saturated rings. The Balaban J connectivity index is 2.00. The maximum atomic E-state index is 11.4. The van der Waals surface area contributed by atoms with E-state index in [2.05, 4.69) is 5.16 Å². The van der Waals surface area contributed by atoms with Crippen molar-refractivity contribution in [3.05, 3.63) is 35.9 Å². The minimum absolute atomic E-state index is 0.000668. The van der Waals surface area contributed by atoms with Crippen molar-refractivity contribution in [3.63, 3.8) is 0 Å². The first-order chi connectivity index (χ1) is 8.63. The van der Waals surface area contributed by atoms with E-state index < -0.39 is 5.79 Å². The van der Waals surface area contributed by atoms with Crippen molar-refractivity contribution in [3.8, 4) is 0 Å². The maximum Gasteiger partial charge on any atom is 0.313 e. The summed E-state index contributed by atoms with van der Waals surface area (Å²) in [6.45, 7) is 3.74. The third-order valence-corrected chi connectivity index (χ3v) is 2.43. The van der Waals surface area contributed by atoms with Crippen LogP contribution in [0.1, 0.15) is 25.8 Å². The van der Waals surface area contributed by atoms with Gasteiger partial charge in [0, 0.05) is 12.5 Å². The lowest BCUT2D eigenvalue weighted by atomic mass is 10.2. The van der Waals surface area contributed by atoms with Crippen LogP contribution >= 0.6 is 0 Å². The summed E-state index contributed by atoms with van der Waals surface area (Å²) in [4.78, 5) is 16.6. The number of carbonyl (C=O) groups is 1. The number of carbonyl (C=O) groups excluding carboxylic acids is 1. The Morgan fingerprint density at radius 1 is 1.39 bits per heavy atom. The van der Waals surface area contributed by atoms with Gasteiger partial charge >= 0.3 is 5.97 Å². The average Bonchev–Trinajstić information content (AvgIpc) is 2.73. The molecule has 0 aromatic heterocycles. The molecule has 96 valence electrons. The van der Waals surface area contributed by atoms with Gasteiger partial charge in [-0.05, 0) is 24.2 Å². The highest BCUT2D eigenvalue weighted by Gasteiger charge is 2.39. The Morgan fingerprint density at radius 3 is 2.78 bits per heavy atom. The molecular weight excluding hydrogens is 234 g/mol. The second kappa shape index (κ2) is 5.08. The van der Waals surface area contributed by atoms with E-state index in [9.17, 15) is 4.79 Å². The van der Waals surface area contributed by atoms with E-state index in [1.807, 2.05) is 30.3 Å². The van der Waals surface area contributed by atoms with Gasteiger partial charge < -0.3 is 14.3 Å². The summed E-state index contributed by atoms with van der Waals surface area (Å²) in [5.41, 5.74) is 0.810. The predicted octanol–water partition coefficient (Wildman–Crippen LogP) is 2.06. The van der Waals surface area contributed by atoms with Gasteiger partial charge in [-0.15, -0.1) is 0 Å². The van der Waals surface area contributed by atoms with Crippen LogP contribution in [0.15, 0.2) is 35.5 Å². The lowest BCUT2D eigenvalue weighted by Crippen LogP contribution is -2.32. The van der Waals surface area contributed by atoms with Crippen molar-refractivity contribution in [2.75, 3.05) is 6.61 Å². The molecule has 0 amide bonds. The predicted molar refractivity (Wildman–Crippen MR) is 64.8 cm³/mol. The molecule has 1 aromatic carbocycles. The molecule has 0 saturated heterocycles. The smallest absolute Gasteiger partial charge is 0.313 e. The zero-order chi connectivity index (χ0) is 13.0. The highest BCUT2D eigenvalue weighted by Crippen LogP contribution is 2.26. The molecule has 0 bridgehead atoms. The molecule has 0 N–H and O–H groups in total. The van der Waals surface area contributed by atoms with Crippen molar-refractivity contribution in [2.45, 2.75) is 26.1 Å². The molecule has 1 heterocycles. The van der Waals surface area contributed by atoms with Crippen molar-refractivity contribution >= 4 is 11.9 Å². The van der Waals surface area contributed by atoms with Gasteiger partial charge in [-0.25, -0.2) is 0 Å². The number of hydrogen-bond donors (Lipinski definition) is 0. The highest BCUT2D eigenvalue weighted by atomic mass is 16.8. The van der Waals surface area contributed by atoms with Crippen LogP contribution in [-0.4, -0.2) is 24.3 Å². The molecule has 0 aliphatic carbocycles. The van der Waals surface area contributed by atoms with Gasteiger partial charge in [0.1, 0.15) is 6.42 Å². The molecule has 0 radical (unpaired) electrons. The Hall–Kier alpha value is -2.04. The summed E-state index contributed by atoms with van der Waals surface area (Å²) in [5.74, 6) is -1.08. The number of oxime groups is 1. The average molecular weight is 249 g/mol. The van der Waals surface area contributed by atoms with Gasteiger partial charge in [-0.2, -0.15) is 0 Å². The van der Waals surface area contributed by atoms with E-state index in [0.29, 0.717) is 12.5 Å². The maximum absolute atomic E-state index is 11.4. The summed E-state index contributed by atoms with van der Waals surface area (Å²) >= 11 is 0. The fraction of sp³-hybridized carbons (Fsp3) is 0.385. The summed E-state index contributed by atoms with van der Waals surface area (Å²) in [6.07, 6.45) is 0.000668. The molecule has 0 saturated carbocycles. The molecule has 5 heteroatoms. The lowest BCUT2D eigenvalue weighted by Gasteiger charge is -2.19. The zero-order valence-electron chi connectivity index (χ0n) is 10.4. The fourth-order valence-electron chi connectivity index (χ4n) is 1.61. The Kier molecular flexibility index (Phi) is 3.50. The minimum Gasteiger partial charge on any atom is -0.466 e. The molecule has 0 spiro atoms. The summed E-state index contributed by atoms with van der Waals surface area (Å²) in [7, 11) is 0. The van der Waals surface area contributed by atoms with Crippen molar-refractivity contribution < 1.29 is 19.1 Å². The van der Waals surface area contributed by atoms with Crippen LogP contribution in [0.5, 0.6) is 0 Å². The third kappa shape index (κ3) is 2.80. The van der Waals surface area contributed by atoms with Crippen LogP contribution < -0.4 is 0 Å². The molecule has 5 nitrogen and oxygen atoms in total. The normalized spacial score (nSPS) is 21.8. The largest absolute Gasteiger partial charge is 0.466 e. The molecule has 1 aliphatic rings. The second-order valence-electron chi connectivity index (χ2n) is 4.07. The quantitative estimate of drug-likeness (QED) is 0.766. The van der Waals surface area contributed by atoms with Crippen LogP contribution in [0.3, 0.4) is 0 Å². The van der Waals surface area contributed by atoms with Crippen LogP contribution in [-0.2, 0) is 19.1 Å². The Morgan fingerprint density at radius 2 is 2.11 bits per heavy atom. The van der Waals surface area contributed by atoms with Crippen LogP contribution in [0.4, 0.5) is 0 Å².